The Hall–Kier alpha value is -1.18. The lowest BCUT2D eigenvalue weighted by molar-refractivity contribution is 0.486. The van der Waals surface area contributed by atoms with Crippen LogP contribution < -0.4 is 5.32 Å². The molecule has 1 aromatic heterocycles. The van der Waals surface area contributed by atoms with Gasteiger partial charge in [-0.1, -0.05) is 0 Å². The van der Waals surface area contributed by atoms with Gasteiger partial charge in [0.2, 0.25) is 0 Å². The Labute approximate surface area is 109 Å². The van der Waals surface area contributed by atoms with Crippen molar-refractivity contribution in [3.63, 3.8) is 0 Å². The van der Waals surface area contributed by atoms with Gasteiger partial charge in [-0.25, -0.2) is 13.2 Å². The second kappa shape index (κ2) is 4.99. The van der Waals surface area contributed by atoms with Gasteiger partial charge in [0.25, 0.3) is 0 Å². The molecule has 0 bridgehead atoms. The van der Waals surface area contributed by atoms with Crippen LogP contribution in [0.3, 0.4) is 0 Å². The van der Waals surface area contributed by atoms with Gasteiger partial charge in [-0.05, 0) is 34.7 Å². The van der Waals surface area contributed by atoms with E-state index in [9.17, 15) is 13.2 Å². The van der Waals surface area contributed by atoms with E-state index in [0.29, 0.717) is 15.6 Å². The van der Waals surface area contributed by atoms with Gasteiger partial charge < -0.3 is 9.73 Å². The number of benzene rings is 1. The molecule has 1 N–H and O–H groups in total. The SMILES string of the molecule is Fc1cc(F)c(F)c(NCc2ccc(I)o2)c1. The summed E-state index contributed by atoms with van der Waals surface area (Å²) in [5.41, 5.74) is -0.228. The first-order valence-corrected chi connectivity index (χ1v) is 5.77. The van der Waals surface area contributed by atoms with Gasteiger partial charge in [-0.2, -0.15) is 0 Å². The monoisotopic (exact) mass is 353 g/mol. The molecule has 0 aliphatic carbocycles. The molecule has 1 heterocycles. The van der Waals surface area contributed by atoms with E-state index in [2.05, 4.69) is 5.32 Å². The van der Waals surface area contributed by atoms with Crippen molar-refractivity contribution in [2.24, 2.45) is 0 Å². The summed E-state index contributed by atoms with van der Waals surface area (Å²) in [5, 5.41) is 2.57. The molecule has 2 rings (SSSR count). The van der Waals surface area contributed by atoms with Crippen LogP contribution in [-0.2, 0) is 6.54 Å². The maximum Gasteiger partial charge on any atom is 0.182 e. The molecule has 1 aromatic carbocycles. The number of nitrogens with one attached hydrogen (secondary N) is 1. The second-order valence-electron chi connectivity index (χ2n) is 3.31. The van der Waals surface area contributed by atoms with E-state index >= 15 is 0 Å². The van der Waals surface area contributed by atoms with Crippen molar-refractivity contribution in [2.75, 3.05) is 5.32 Å². The first-order chi connectivity index (χ1) is 8.06. The number of hydrogen-bond acceptors (Lipinski definition) is 2. The maximum absolute atomic E-state index is 13.3. The number of furan rings is 1. The summed E-state index contributed by atoms with van der Waals surface area (Å²) in [6.07, 6.45) is 0. The summed E-state index contributed by atoms with van der Waals surface area (Å²) in [6, 6.07) is 4.82. The summed E-state index contributed by atoms with van der Waals surface area (Å²) in [5.74, 6) is -2.60. The minimum absolute atomic E-state index is 0.156. The third-order valence-corrected chi connectivity index (χ3v) is 2.65. The summed E-state index contributed by atoms with van der Waals surface area (Å²) < 4.78 is 44.9. The fraction of sp³-hybridized carbons (Fsp3) is 0.0909. The summed E-state index contributed by atoms with van der Waals surface area (Å²) >= 11 is 1.98. The van der Waals surface area contributed by atoms with Crippen LogP contribution in [-0.4, -0.2) is 0 Å². The van der Waals surface area contributed by atoms with Crippen molar-refractivity contribution in [1.29, 1.82) is 0 Å². The Morgan fingerprint density at radius 2 is 1.94 bits per heavy atom. The average molecular weight is 353 g/mol. The average Bonchev–Trinajstić information content (AvgIpc) is 2.67. The van der Waals surface area contributed by atoms with E-state index in [1.807, 2.05) is 22.6 Å². The molecule has 2 nitrogen and oxygen atoms in total. The first kappa shape index (κ1) is 12.3. The van der Waals surface area contributed by atoms with Crippen molar-refractivity contribution in [3.05, 3.63) is 51.2 Å². The molecule has 0 unspecified atom stereocenters. The van der Waals surface area contributed by atoms with Crippen LogP contribution in [0.4, 0.5) is 18.9 Å². The van der Waals surface area contributed by atoms with Gasteiger partial charge >= 0.3 is 0 Å². The van der Waals surface area contributed by atoms with Crippen LogP contribution in [0.15, 0.2) is 28.7 Å². The van der Waals surface area contributed by atoms with Crippen molar-refractivity contribution in [3.8, 4) is 0 Å². The van der Waals surface area contributed by atoms with E-state index in [4.69, 9.17) is 4.42 Å². The predicted octanol–water partition coefficient (Wildman–Crippen LogP) is 3.91. The zero-order valence-electron chi connectivity index (χ0n) is 8.44. The van der Waals surface area contributed by atoms with Crippen LogP contribution in [0.5, 0.6) is 0 Å². The van der Waals surface area contributed by atoms with Gasteiger partial charge in [0.05, 0.1) is 12.2 Å². The number of hydrogen-bond donors (Lipinski definition) is 1. The molecular formula is C11H7F3INO. The molecule has 2 aromatic rings. The Morgan fingerprint density at radius 3 is 2.59 bits per heavy atom. The first-order valence-electron chi connectivity index (χ1n) is 4.69. The van der Waals surface area contributed by atoms with Crippen molar-refractivity contribution >= 4 is 28.3 Å². The lowest BCUT2D eigenvalue weighted by atomic mass is 10.2. The fourth-order valence-electron chi connectivity index (χ4n) is 1.31. The number of anilines is 1. The highest BCUT2D eigenvalue weighted by molar-refractivity contribution is 14.1. The largest absolute Gasteiger partial charge is 0.454 e. The van der Waals surface area contributed by atoms with Crippen LogP contribution >= 0.6 is 22.6 Å². The lowest BCUT2D eigenvalue weighted by Gasteiger charge is -2.06. The Bertz CT molecular complexity index is 542. The van der Waals surface area contributed by atoms with Crippen molar-refractivity contribution in [2.45, 2.75) is 6.54 Å². The molecule has 0 aliphatic rings. The molecule has 90 valence electrons. The van der Waals surface area contributed by atoms with Crippen LogP contribution in [0.25, 0.3) is 0 Å². The van der Waals surface area contributed by atoms with Gasteiger partial charge in [0.15, 0.2) is 15.4 Å². The molecule has 0 saturated heterocycles. The zero-order chi connectivity index (χ0) is 12.4. The summed E-state index contributed by atoms with van der Waals surface area (Å²) in [4.78, 5) is 0. The molecular weight excluding hydrogens is 346 g/mol. The highest BCUT2D eigenvalue weighted by Crippen LogP contribution is 2.20. The van der Waals surface area contributed by atoms with Crippen molar-refractivity contribution < 1.29 is 17.6 Å². The predicted molar refractivity (Wildman–Crippen MR) is 65.1 cm³/mol. The van der Waals surface area contributed by atoms with Gasteiger partial charge in [0.1, 0.15) is 11.6 Å². The van der Waals surface area contributed by atoms with Gasteiger partial charge in [0, 0.05) is 12.1 Å². The fourth-order valence-corrected chi connectivity index (χ4v) is 1.78. The number of rotatable bonds is 3. The molecule has 6 heteroatoms. The Morgan fingerprint density at radius 1 is 1.18 bits per heavy atom. The quantitative estimate of drug-likeness (QED) is 0.669. The molecule has 0 amide bonds. The molecule has 0 saturated carbocycles. The van der Waals surface area contributed by atoms with E-state index in [0.717, 1.165) is 6.07 Å². The third-order valence-electron chi connectivity index (χ3n) is 2.07. The normalized spacial score (nSPS) is 10.6. The summed E-state index contributed by atoms with van der Waals surface area (Å²) in [6.45, 7) is 0.156. The standard InChI is InChI=1S/C11H7F3INO/c12-6-3-8(13)11(14)9(4-6)16-5-7-1-2-10(15)17-7/h1-4,16H,5H2. The molecule has 0 aliphatic heterocycles. The minimum atomic E-state index is -1.22. The van der Waals surface area contributed by atoms with Crippen LogP contribution in [0.2, 0.25) is 0 Å². The van der Waals surface area contributed by atoms with Crippen molar-refractivity contribution in [1.82, 2.24) is 0 Å². The van der Waals surface area contributed by atoms with E-state index < -0.39 is 17.5 Å². The number of halogens is 4. The lowest BCUT2D eigenvalue weighted by Crippen LogP contribution is -2.02. The third kappa shape index (κ3) is 2.93. The zero-order valence-corrected chi connectivity index (χ0v) is 10.6. The highest BCUT2D eigenvalue weighted by atomic mass is 127. The van der Waals surface area contributed by atoms with Crippen LogP contribution in [0.1, 0.15) is 5.76 Å². The molecule has 0 atom stereocenters. The van der Waals surface area contributed by atoms with Crippen LogP contribution in [0, 0.1) is 21.2 Å². The molecule has 17 heavy (non-hydrogen) atoms. The maximum atomic E-state index is 13.3. The molecule has 0 fully saturated rings. The Kier molecular flexibility index (Phi) is 3.60. The van der Waals surface area contributed by atoms with Gasteiger partial charge in [-0.3, -0.25) is 0 Å². The minimum Gasteiger partial charge on any atom is -0.454 e. The van der Waals surface area contributed by atoms with E-state index in [1.54, 1.807) is 12.1 Å². The van der Waals surface area contributed by atoms with E-state index in [-0.39, 0.29) is 12.2 Å². The molecule has 0 spiro atoms. The highest BCUT2D eigenvalue weighted by Gasteiger charge is 2.11. The topological polar surface area (TPSA) is 25.2 Å². The second-order valence-corrected chi connectivity index (χ2v) is 4.37. The Balaban J connectivity index is 2.14. The summed E-state index contributed by atoms with van der Waals surface area (Å²) in [7, 11) is 0. The molecule has 0 radical (unpaired) electrons. The van der Waals surface area contributed by atoms with Gasteiger partial charge in [-0.15, -0.1) is 0 Å². The van der Waals surface area contributed by atoms with E-state index in [1.165, 1.54) is 0 Å². The smallest absolute Gasteiger partial charge is 0.182 e.